The summed E-state index contributed by atoms with van der Waals surface area (Å²) in [4.78, 5) is 14.2. The van der Waals surface area contributed by atoms with Crippen LogP contribution >= 0.6 is 0 Å². The molecule has 1 aliphatic rings. The second-order valence-corrected chi connectivity index (χ2v) is 13.6. The van der Waals surface area contributed by atoms with Crippen LogP contribution in [0.5, 0.6) is 0 Å². The Morgan fingerprint density at radius 2 is 1.23 bits per heavy atom. The van der Waals surface area contributed by atoms with Crippen molar-refractivity contribution >= 4 is 44.6 Å². The van der Waals surface area contributed by atoms with E-state index in [9.17, 15) is 0 Å². The second kappa shape index (κ2) is 11.1. The summed E-state index contributed by atoms with van der Waals surface area (Å²) in [5.41, 5.74) is 15.5. The number of para-hydroxylation sites is 3. The lowest BCUT2D eigenvalue weighted by atomic mass is 9.67. The number of pyridine rings is 1. The summed E-state index contributed by atoms with van der Waals surface area (Å²) in [7, 11) is 0. The first kappa shape index (κ1) is 29.4. The highest BCUT2D eigenvalue weighted by Gasteiger charge is 2.46. The smallest absolute Gasteiger partial charge is 0.307 e. The van der Waals surface area contributed by atoms with E-state index in [1.807, 2.05) is 42.5 Å². The molecule has 0 atom stereocenters. The minimum Gasteiger partial charge on any atom is -0.423 e. The molecule has 0 unspecified atom stereocenters. The molecule has 0 spiro atoms. The molecule has 53 heavy (non-hydrogen) atoms. The summed E-state index contributed by atoms with van der Waals surface area (Å²) in [6.45, 7) is 7.91. The predicted octanol–water partition coefficient (Wildman–Crippen LogP) is 12.0. The van der Waals surface area contributed by atoms with E-state index in [0.717, 1.165) is 66.5 Å². The van der Waals surface area contributed by atoms with Crippen LogP contribution in [-0.4, -0.2) is 14.4 Å². The molecule has 11 rings (SSSR count). The summed E-state index contributed by atoms with van der Waals surface area (Å²) < 4.78 is 8.36. The maximum absolute atomic E-state index is 7.91. The fraction of sp³-hybridized carbons (Fsp3) is 0.0208. The molecule has 0 saturated carbocycles. The van der Waals surface area contributed by atoms with Gasteiger partial charge in [0.05, 0.1) is 28.7 Å². The van der Waals surface area contributed by atoms with Gasteiger partial charge in [-0.25, -0.2) is 9.83 Å². The minimum atomic E-state index is -0.612. The van der Waals surface area contributed by atoms with E-state index < -0.39 is 5.41 Å². The molecule has 5 nitrogen and oxygen atoms in total. The Bertz CT molecular complexity index is 3090. The SMILES string of the molecule is [C-]#[N+]c1ccc2c(c1)C(c1ccccc1)(c1ccccc1)c1cc(-c3cccc(-c4nc5ccccc5c5nc6oc7ccccc7n6c45)c3)ccc1-2. The fourth-order valence-corrected chi connectivity index (χ4v) is 8.64. The van der Waals surface area contributed by atoms with Crippen molar-refractivity contribution in [3.05, 3.63) is 204 Å². The van der Waals surface area contributed by atoms with Crippen molar-refractivity contribution in [3.8, 4) is 33.5 Å². The van der Waals surface area contributed by atoms with Gasteiger partial charge in [-0.2, -0.15) is 4.98 Å². The van der Waals surface area contributed by atoms with Crippen molar-refractivity contribution < 1.29 is 4.42 Å². The third kappa shape index (κ3) is 4.12. The fourth-order valence-electron chi connectivity index (χ4n) is 8.64. The number of imidazole rings is 1. The predicted molar refractivity (Wildman–Crippen MR) is 212 cm³/mol. The molecule has 1 aliphatic carbocycles. The zero-order valence-corrected chi connectivity index (χ0v) is 28.4. The van der Waals surface area contributed by atoms with Crippen LogP contribution < -0.4 is 0 Å². The van der Waals surface area contributed by atoms with Crippen molar-refractivity contribution in [2.75, 3.05) is 0 Å². The van der Waals surface area contributed by atoms with Gasteiger partial charge in [0.15, 0.2) is 11.3 Å². The Labute approximate surface area is 304 Å². The quantitative estimate of drug-likeness (QED) is 0.174. The van der Waals surface area contributed by atoms with Gasteiger partial charge in [0.2, 0.25) is 0 Å². The Morgan fingerprint density at radius 1 is 0.566 bits per heavy atom. The number of aromatic nitrogens is 3. The number of nitrogens with zero attached hydrogens (tertiary/aromatic N) is 4. The summed E-state index contributed by atoms with van der Waals surface area (Å²) in [6, 6.07) is 59.3. The van der Waals surface area contributed by atoms with Gasteiger partial charge >= 0.3 is 5.84 Å². The van der Waals surface area contributed by atoms with Crippen LogP contribution in [0.2, 0.25) is 0 Å². The highest BCUT2D eigenvalue weighted by Crippen LogP contribution is 2.57. The first-order chi connectivity index (χ1) is 26.2. The third-order valence-electron chi connectivity index (χ3n) is 10.9. The molecule has 3 heterocycles. The Morgan fingerprint density at radius 3 is 2.02 bits per heavy atom. The van der Waals surface area contributed by atoms with Gasteiger partial charge in [0.1, 0.15) is 11.0 Å². The Balaban J connectivity index is 1.16. The molecule has 0 N–H and O–H groups in total. The molecule has 5 heteroatoms. The lowest BCUT2D eigenvalue weighted by Crippen LogP contribution is -2.28. The molecule has 0 radical (unpaired) electrons. The second-order valence-electron chi connectivity index (χ2n) is 13.6. The lowest BCUT2D eigenvalue weighted by molar-refractivity contribution is 0.643. The van der Waals surface area contributed by atoms with Crippen molar-refractivity contribution in [1.29, 1.82) is 0 Å². The summed E-state index contributed by atoms with van der Waals surface area (Å²) in [5, 5.41) is 0.989. The molecule has 7 aromatic carbocycles. The zero-order valence-electron chi connectivity index (χ0n) is 28.4. The van der Waals surface area contributed by atoms with Crippen molar-refractivity contribution in [2.24, 2.45) is 0 Å². The van der Waals surface area contributed by atoms with Crippen LogP contribution in [0.25, 0.3) is 77.2 Å². The molecule has 0 fully saturated rings. The largest absolute Gasteiger partial charge is 0.423 e. The van der Waals surface area contributed by atoms with E-state index in [0.29, 0.717) is 11.5 Å². The molecule has 0 amide bonds. The Hall–Kier alpha value is -7.29. The highest BCUT2D eigenvalue weighted by molar-refractivity contribution is 6.10. The normalized spacial score (nSPS) is 13.0. The average Bonchev–Trinajstić information content (AvgIpc) is 3.88. The maximum Gasteiger partial charge on any atom is 0.307 e. The van der Waals surface area contributed by atoms with E-state index in [2.05, 4.69) is 137 Å². The van der Waals surface area contributed by atoms with Crippen LogP contribution in [0.15, 0.2) is 174 Å². The summed E-state index contributed by atoms with van der Waals surface area (Å²) >= 11 is 0. The van der Waals surface area contributed by atoms with Crippen LogP contribution in [0.3, 0.4) is 0 Å². The molecule has 3 aromatic heterocycles. The van der Waals surface area contributed by atoms with Crippen molar-refractivity contribution in [1.82, 2.24) is 14.4 Å². The van der Waals surface area contributed by atoms with Crippen molar-refractivity contribution in [2.45, 2.75) is 5.41 Å². The van der Waals surface area contributed by atoms with Gasteiger partial charge in [0.25, 0.3) is 0 Å². The molecule has 0 bridgehead atoms. The molecule has 246 valence electrons. The van der Waals surface area contributed by atoms with Gasteiger partial charge in [-0.1, -0.05) is 140 Å². The van der Waals surface area contributed by atoms with Crippen LogP contribution in [-0.2, 0) is 5.41 Å². The van der Waals surface area contributed by atoms with Gasteiger partial charge < -0.3 is 4.42 Å². The summed E-state index contributed by atoms with van der Waals surface area (Å²) in [5.74, 6) is 0.550. The van der Waals surface area contributed by atoms with Gasteiger partial charge in [-0.05, 0) is 74.8 Å². The zero-order chi connectivity index (χ0) is 35.1. The standard InChI is InChI=1S/C48H28N4O/c1-49-35-24-26-37-36-25-23-31(28-39(36)48(40(37)29-35,33-15-4-2-5-16-33)34-17-6-3-7-18-34)30-13-12-14-32(27-30)44-46-45(38-19-8-9-20-41(38)50-44)51-47-52(46)42-21-10-11-22-43(42)53-47/h2-29H. The summed E-state index contributed by atoms with van der Waals surface area (Å²) in [6.07, 6.45) is 0. The van der Waals surface area contributed by atoms with Gasteiger partial charge in [-0.15, -0.1) is 0 Å². The molecular formula is C48H28N4O. The molecule has 0 aliphatic heterocycles. The third-order valence-corrected chi connectivity index (χ3v) is 10.9. The van der Waals surface area contributed by atoms with Gasteiger partial charge in [0, 0.05) is 10.9 Å². The average molecular weight is 677 g/mol. The molecular weight excluding hydrogens is 649 g/mol. The number of rotatable bonds is 4. The van der Waals surface area contributed by atoms with E-state index in [-0.39, 0.29) is 0 Å². The molecule has 10 aromatic rings. The topological polar surface area (TPSA) is 47.7 Å². The first-order valence-electron chi connectivity index (χ1n) is 17.7. The maximum atomic E-state index is 7.91. The number of benzene rings is 7. The van der Waals surface area contributed by atoms with Crippen LogP contribution in [0.1, 0.15) is 22.3 Å². The van der Waals surface area contributed by atoms with E-state index in [4.69, 9.17) is 21.0 Å². The highest BCUT2D eigenvalue weighted by atomic mass is 16.4. The first-order valence-corrected chi connectivity index (χ1v) is 17.7. The monoisotopic (exact) mass is 676 g/mol. The van der Waals surface area contributed by atoms with E-state index >= 15 is 0 Å². The minimum absolute atomic E-state index is 0.550. The lowest BCUT2D eigenvalue weighted by Gasteiger charge is -2.34. The van der Waals surface area contributed by atoms with E-state index in [1.165, 1.54) is 22.3 Å². The number of hydrogen-bond donors (Lipinski definition) is 0. The van der Waals surface area contributed by atoms with E-state index in [1.54, 1.807) is 0 Å². The number of oxazole rings is 1. The van der Waals surface area contributed by atoms with Gasteiger partial charge in [-0.3, -0.25) is 4.40 Å². The molecule has 0 saturated heterocycles. The van der Waals surface area contributed by atoms with Crippen LogP contribution in [0, 0.1) is 6.57 Å². The number of hydrogen-bond acceptors (Lipinski definition) is 3. The van der Waals surface area contributed by atoms with Crippen molar-refractivity contribution in [3.63, 3.8) is 0 Å². The number of fused-ring (bicyclic) bond motifs is 10. The van der Waals surface area contributed by atoms with Crippen LogP contribution in [0.4, 0.5) is 5.69 Å². The Kier molecular flexibility index (Phi) is 6.17.